The molecule has 20 heavy (non-hydrogen) atoms. The van der Waals surface area contributed by atoms with Crippen molar-refractivity contribution in [2.45, 2.75) is 13.3 Å². The van der Waals surface area contributed by atoms with Crippen molar-refractivity contribution >= 4 is 12.2 Å². The van der Waals surface area contributed by atoms with Crippen LogP contribution in [0.2, 0.25) is 0 Å². The summed E-state index contributed by atoms with van der Waals surface area (Å²) < 4.78 is 15.6. The number of ether oxygens (including phenoxy) is 2. The number of aromatic nitrogens is 3. The summed E-state index contributed by atoms with van der Waals surface area (Å²) in [6.45, 7) is 9.23. The lowest BCUT2D eigenvalue weighted by Gasteiger charge is -2.24. The van der Waals surface area contributed by atoms with Crippen LogP contribution in [0, 0.1) is 4.77 Å². The molecule has 2 aliphatic rings. The number of hydrogen-bond donors (Lipinski definition) is 2. The van der Waals surface area contributed by atoms with E-state index in [0.717, 1.165) is 70.7 Å². The third kappa shape index (κ3) is 3.44. The molecule has 0 unspecified atom stereocenters. The first-order valence-electron chi connectivity index (χ1n) is 7.28. The highest BCUT2D eigenvalue weighted by Crippen LogP contribution is 1.90. The molecule has 0 amide bonds. The summed E-state index contributed by atoms with van der Waals surface area (Å²) in [6.07, 6.45) is 1.87. The molecule has 0 saturated carbocycles. The third-order valence-corrected chi connectivity index (χ3v) is 4.41. The van der Waals surface area contributed by atoms with E-state index in [1.165, 1.54) is 9.80 Å². The quantitative estimate of drug-likeness (QED) is 0.588. The summed E-state index contributed by atoms with van der Waals surface area (Å²) in [5.74, 6) is 0. The van der Waals surface area contributed by atoms with E-state index < -0.39 is 0 Å². The van der Waals surface area contributed by atoms with Gasteiger partial charge < -0.3 is 19.3 Å². The summed E-state index contributed by atoms with van der Waals surface area (Å²) in [7, 11) is 0. The Morgan fingerprint density at radius 1 is 1.00 bits per heavy atom. The van der Waals surface area contributed by atoms with Gasteiger partial charge >= 0.3 is 0 Å². The van der Waals surface area contributed by atoms with Crippen molar-refractivity contribution in [3.8, 4) is 0 Å². The van der Waals surface area contributed by atoms with E-state index in [0.29, 0.717) is 0 Å². The van der Waals surface area contributed by atoms with Crippen molar-refractivity contribution in [3.05, 3.63) is 11.1 Å². The largest absolute Gasteiger partial charge is 0.370 e. The van der Waals surface area contributed by atoms with Crippen LogP contribution < -0.4 is 9.80 Å². The summed E-state index contributed by atoms with van der Waals surface area (Å²) in [6, 6.07) is 0. The first kappa shape index (κ1) is 14.2. The van der Waals surface area contributed by atoms with Gasteiger partial charge in [-0.15, -0.1) is 0 Å². The lowest BCUT2D eigenvalue weighted by molar-refractivity contribution is -0.931. The van der Waals surface area contributed by atoms with Gasteiger partial charge in [-0.2, -0.15) is 9.78 Å². The average Bonchev–Trinajstić information content (AvgIpc) is 2.83. The van der Waals surface area contributed by atoms with Gasteiger partial charge in [-0.25, -0.2) is 0 Å². The Morgan fingerprint density at radius 2 is 1.55 bits per heavy atom. The van der Waals surface area contributed by atoms with Gasteiger partial charge in [0.25, 0.3) is 0 Å². The summed E-state index contributed by atoms with van der Waals surface area (Å²) in [5.41, 5.74) is 0. The number of rotatable bonds is 4. The van der Waals surface area contributed by atoms with Crippen LogP contribution >= 0.6 is 12.2 Å². The van der Waals surface area contributed by atoms with Crippen molar-refractivity contribution < 1.29 is 19.3 Å². The summed E-state index contributed by atoms with van der Waals surface area (Å²) >= 11 is 5.54. The van der Waals surface area contributed by atoms with Crippen LogP contribution in [0.3, 0.4) is 0 Å². The highest BCUT2D eigenvalue weighted by Gasteiger charge is 2.18. The van der Waals surface area contributed by atoms with Gasteiger partial charge in [0.1, 0.15) is 32.5 Å². The van der Waals surface area contributed by atoms with Gasteiger partial charge in [-0.1, -0.05) is 0 Å². The van der Waals surface area contributed by atoms with E-state index in [1.807, 2.05) is 11.0 Å². The molecule has 0 aliphatic carbocycles. The maximum absolute atomic E-state index is 5.54. The fraction of sp³-hybridized carbons (Fsp3) is 0.833. The van der Waals surface area contributed by atoms with Crippen LogP contribution in [-0.4, -0.2) is 67.0 Å². The molecule has 1 aromatic heterocycles. The molecule has 1 aromatic rings. The Balaban J connectivity index is 1.60. The smallest absolute Gasteiger partial charge is 0.206 e. The van der Waals surface area contributed by atoms with Crippen molar-refractivity contribution in [1.29, 1.82) is 0 Å². The SMILES string of the molecule is S=c1n(C[NH+]2CCOCC2)cnn1C[NH+]1CCOCC1. The molecule has 2 saturated heterocycles. The van der Waals surface area contributed by atoms with Gasteiger partial charge in [0, 0.05) is 0 Å². The Kier molecular flexibility index (Phi) is 4.79. The molecule has 3 heterocycles. The first-order chi connectivity index (χ1) is 9.83. The number of nitrogens with one attached hydrogen (secondary N) is 2. The minimum absolute atomic E-state index is 0.822. The molecule has 2 N–H and O–H groups in total. The Hall–Kier alpha value is -0.800. The van der Waals surface area contributed by atoms with Gasteiger partial charge in [0.15, 0.2) is 13.3 Å². The molecular formula is C12H23N5O2S+2. The topological polar surface area (TPSA) is 50.1 Å². The molecule has 3 rings (SSSR count). The van der Waals surface area contributed by atoms with Gasteiger partial charge in [-0.05, 0) is 12.2 Å². The average molecular weight is 301 g/mol. The van der Waals surface area contributed by atoms with Crippen molar-refractivity contribution in [2.75, 3.05) is 52.6 Å². The van der Waals surface area contributed by atoms with E-state index >= 15 is 0 Å². The van der Waals surface area contributed by atoms with E-state index in [2.05, 4.69) is 9.67 Å². The highest BCUT2D eigenvalue weighted by atomic mass is 32.1. The minimum atomic E-state index is 0.822. The van der Waals surface area contributed by atoms with Crippen LogP contribution in [0.15, 0.2) is 6.33 Å². The monoisotopic (exact) mass is 301 g/mol. The molecule has 2 fully saturated rings. The van der Waals surface area contributed by atoms with Crippen molar-refractivity contribution in [3.63, 3.8) is 0 Å². The normalized spacial score (nSPS) is 22.2. The van der Waals surface area contributed by atoms with Gasteiger partial charge in [-0.3, -0.25) is 4.57 Å². The van der Waals surface area contributed by atoms with Crippen LogP contribution in [0.4, 0.5) is 0 Å². The zero-order valence-electron chi connectivity index (χ0n) is 11.7. The number of nitrogens with zero attached hydrogens (tertiary/aromatic N) is 3. The second-order valence-corrected chi connectivity index (χ2v) is 5.79. The first-order valence-corrected chi connectivity index (χ1v) is 7.68. The van der Waals surface area contributed by atoms with Crippen LogP contribution in [0.25, 0.3) is 0 Å². The number of quaternary nitrogens is 2. The van der Waals surface area contributed by atoms with E-state index in [1.54, 1.807) is 0 Å². The molecule has 0 radical (unpaired) electrons. The van der Waals surface area contributed by atoms with Crippen LogP contribution in [0.5, 0.6) is 0 Å². The molecule has 0 atom stereocenters. The molecule has 7 nitrogen and oxygen atoms in total. The lowest BCUT2D eigenvalue weighted by atomic mass is 10.4. The second-order valence-electron chi connectivity index (χ2n) is 5.42. The Morgan fingerprint density at radius 3 is 2.15 bits per heavy atom. The standard InChI is InChI=1S/C12H21N5O2S/c20-12-16(10-14-1-5-18-6-2-14)9-13-17(12)11-15-3-7-19-8-4-15/h9H,1-8,10-11H2/p+2. The fourth-order valence-corrected chi connectivity index (χ4v) is 2.90. The highest BCUT2D eigenvalue weighted by molar-refractivity contribution is 7.71. The molecular weight excluding hydrogens is 278 g/mol. The van der Waals surface area contributed by atoms with Gasteiger partial charge in [0.2, 0.25) is 4.77 Å². The molecule has 0 spiro atoms. The van der Waals surface area contributed by atoms with Crippen molar-refractivity contribution in [1.82, 2.24) is 14.3 Å². The molecule has 0 aromatic carbocycles. The lowest BCUT2D eigenvalue weighted by Crippen LogP contribution is -3.13. The minimum Gasteiger partial charge on any atom is -0.370 e. The Labute approximate surface area is 123 Å². The zero-order valence-corrected chi connectivity index (χ0v) is 12.5. The van der Waals surface area contributed by atoms with E-state index in [-0.39, 0.29) is 0 Å². The summed E-state index contributed by atoms with van der Waals surface area (Å²) in [5, 5.41) is 4.44. The van der Waals surface area contributed by atoms with Crippen molar-refractivity contribution in [2.24, 2.45) is 0 Å². The van der Waals surface area contributed by atoms with Crippen LogP contribution in [-0.2, 0) is 22.8 Å². The third-order valence-electron chi connectivity index (χ3n) is 3.96. The predicted octanol–water partition coefficient (Wildman–Crippen LogP) is -2.84. The van der Waals surface area contributed by atoms with Gasteiger partial charge in [0.05, 0.1) is 26.4 Å². The van der Waals surface area contributed by atoms with Crippen LogP contribution in [0.1, 0.15) is 0 Å². The fourth-order valence-electron chi connectivity index (χ4n) is 2.68. The maximum atomic E-state index is 5.54. The number of hydrogen-bond acceptors (Lipinski definition) is 4. The maximum Gasteiger partial charge on any atom is 0.206 e. The van der Waals surface area contributed by atoms with E-state index in [9.17, 15) is 0 Å². The molecule has 112 valence electrons. The second kappa shape index (κ2) is 6.77. The predicted molar refractivity (Wildman–Crippen MR) is 74.1 cm³/mol. The zero-order chi connectivity index (χ0) is 13.8. The molecule has 0 bridgehead atoms. The Bertz CT molecular complexity index is 436. The molecule has 2 aliphatic heterocycles. The van der Waals surface area contributed by atoms with E-state index in [4.69, 9.17) is 21.7 Å². The summed E-state index contributed by atoms with van der Waals surface area (Å²) in [4.78, 5) is 2.99. The molecule has 8 heteroatoms. The number of morpholine rings is 2.